The molecule has 13 heavy (non-hydrogen) atoms. The molecule has 76 valence electrons. The Hall–Kier alpha value is -0.570. The summed E-state index contributed by atoms with van der Waals surface area (Å²) in [5, 5.41) is 2.91. The second kappa shape index (κ2) is 4.09. The standard InChI is InChI=1S/C10H20N2O/c1-3-4-10(5-6-10)7-12-9(13)8(2)11/h8H,3-7,11H2,1-2H3,(H,12,13)/t8-/m1/s1. The third kappa shape index (κ3) is 2.99. The molecule has 1 saturated carbocycles. The van der Waals surface area contributed by atoms with Gasteiger partial charge in [0.2, 0.25) is 5.91 Å². The van der Waals surface area contributed by atoms with E-state index < -0.39 is 0 Å². The zero-order chi connectivity index (χ0) is 9.90. The second-order valence-electron chi connectivity index (χ2n) is 4.26. The Labute approximate surface area is 80.1 Å². The molecule has 0 unspecified atom stereocenters. The van der Waals surface area contributed by atoms with Crippen molar-refractivity contribution in [1.29, 1.82) is 0 Å². The van der Waals surface area contributed by atoms with Gasteiger partial charge >= 0.3 is 0 Å². The zero-order valence-electron chi connectivity index (χ0n) is 8.60. The lowest BCUT2D eigenvalue weighted by Gasteiger charge is -2.15. The molecule has 0 bridgehead atoms. The Balaban J connectivity index is 2.22. The SMILES string of the molecule is CCCC1(CNC(=O)[C@@H](C)N)CC1. The van der Waals surface area contributed by atoms with Gasteiger partial charge in [-0.1, -0.05) is 13.3 Å². The predicted molar refractivity (Wildman–Crippen MR) is 53.2 cm³/mol. The van der Waals surface area contributed by atoms with E-state index in [9.17, 15) is 4.79 Å². The number of hydrogen-bond donors (Lipinski definition) is 2. The quantitative estimate of drug-likeness (QED) is 0.670. The van der Waals surface area contributed by atoms with E-state index in [0.717, 1.165) is 6.54 Å². The minimum Gasteiger partial charge on any atom is -0.354 e. The largest absolute Gasteiger partial charge is 0.354 e. The smallest absolute Gasteiger partial charge is 0.236 e. The maximum absolute atomic E-state index is 11.2. The van der Waals surface area contributed by atoms with E-state index in [-0.39, 0.29) is 11.9 Å². The predicted octanol–water partition coefficient (Wildman–Crippen LogP) is 1.03. The summed E-state index contributed by atoms with van der Waals surface area (Å²) in [4.78, 5) is 11.2. The first-order chi connectivity index (χ1) is 6.09. The average Bonchev–Trinajstić information content (AvgIpc) is 2.82. The van der Waals surface area contributed by atoms with Crippen LogP contribution in [0.15, 0.2) is 0 Å². The van der Waals surface area contributed by atoms with E-state index >= 15 is 0 Å². The third-order valence-electron chi connectivity index (χ3n) is 2.79. The first-order valence-electron chi connectivity index (χ1n) is 5.13. The highest BCUT2D eigenvalue weighted by atomic mass is 16.2. The highest BCUT2D eigenvalue weighted by Gasteiger charge is 2.41. The zero-order valence-corrected chi connectivity index (χ0v) is 8.60. The van der Waals surface area contributed by atoms with Crippen molar-refractivity contribution in [2.45, 2.75) is 45.6 Å². The summed E-state index contributed by atoms with van der Waals surface area (Å²) in [7, 11) is 0. The first-order valence-corrected chi connectivity index (χ1v) is 5.13. The summed E-state index contributed by atoms with van der Waals surface area (Å²) in [6.45, 7) is 4.73. The van der Waals surface area contributed by atoms with Crippen LogP contribution in [0.2, 0.25) is 0 Å². The van der Waals surface area contributed by atoms with Gasteiger partial charge in [-0.25, -0.2) is 0 Å². The van der Waals surface area contributed by atoms with Crippen LogP contribution in [0.5, 0.6) is 0 Å². The van der Waals surface area contributed by atoms with Crippen molar-refractivity contribution < 1.29 is 4.79 Å². The maximum atomic E-state index is 11.2. The fourth-order valence-electron chi connectivity index (χ4n) is 1.66. The minimum absolute atomic E-state index is 0.0256. The number of nitrogens with two attached hydrogens (primary N) is 1. The van der Waals surface area contributed by atoms with Crippen LogP contribution >= 0.6 is 0 Å². The van der Waals surface area contributed by atoms with Gasteiger partial charge in [0, 0.05) is 6.54 Å². The van der Waals surface area contributed by atoms with Gasteiger partial charge < -0.3 is 11.1 Å². The highest BCUT2D eigenvalue weighted by Crippen LogP contribution is 2.48. The molecular formula is C10H20N2O. The fraction of sp³-hybridized carbons (Fsp3) is 0.900. The van der Waals surface area contributed by atoms with Crippen LogP contribution in [0, 0.1) is 5.41 Å². The number of rotatable bonds is 5. The van der Waals surface area contributed by atoms with E-state index in [4.69, 9.17) is 5.73 Å². The summed E-state index contributed by atoms with van der Waals surface area (Å²) < 4.78 is 0. The van der Waals surface area contributed by atoms with E-state index in [1.807, 2.05) is 0 Å². The fourth-order valence-corrected chi connectivity index (χ4v) is 1.66. The first kappa shape index (κ1) is 10.5. The molecule has 1 atom stereocenters. The molecule has 3 N–H and O–H groups in total. The van der Waals surface area contributed by atoms with E-state index in [1.54, 1.807) is 6.92 Å². The summed E-state index contributed by atoms with van der Waals surface area (Å²) in [5.41, 5.74) is 5.88. The Kier molecular flexibility index (Phi) is 3.31. The number of carbonyl (C=O) groups excluding carboxylic acids is 1. The molecule has 0 aliphatic heterocycles. The van der Waals surface area contributed by atoms with Crippen molar-refractivity contribution in [2.75, 3.05) is 6.54 Å². The minimum atomic E-state index is -0.377. The van der Waals surface area contributed by atoms with Crippen LogP contribution in [-0.4, -0.2) is 18.5 Å². The molecule has 1 amide bonds. The molecule has 3 heteroatoms. The van der Waals surface area contributed by atoms with E-state index in [2.05, 4.69) is 12.2 Å². The lowest BCUT2D eigenvalue weighted by molar-refractivity contribution is -0.122. The summed E-state index contributed by atoms with van der Waals surface area (Å²) in [6, 6.07) is -0.377. The van der Waals surface area contributed by atoms with Crippen LogP contribution in [0.25, 0.3) is 0 Å². The summed E-state index contributed by atoms with van der Waals surface area (Å²) >= 11 is 0. The van der Waals surface area contributed by atoms with Crippen LogP contribution < -0.4 is 11.1 Å². The van der Waals surface area contributed by atoms with Crippen LogP contribution in [0.3, 0.4) is 0 Å². The van der Waals surface area contributed by atoms with Crippen LogP contribution in [0.1, 0.15) is 39.5 Å². The number of hydrogen-bond acceptors (Lipinski definition) is 2. The van der Waals surface area contributed by atoms with Crippen LogP contribution in [-0.2, 0) is 4.79 Å². The third-order valence-corrected chi connectivity index (χ3v) is 2.79. The molecular weight excluding hydrogens is 164 g/mol. The van der Waals surface area contributed by atoms with Crippen molar-refractivity contribution in [3.8, 4) is 0 Å². The maximum Gasteiger partial charge on any atom is 0.236 e. The van der Waals surface area contributed by atoms with Gasteiger partial charge in [-0.05, 0) is 31.6 Å². The Morgan fingerprint density at radius 2 is 2.23 bits per heavy atom. The van der Waals surface area contributed by atoms with Crippen molar-refractivity contribution in [1.82, 2.24) is 5.32 Å². The van der Waals surface area contributed by atoms with Gasteiger partial charge in [0.25, 0.3) is 0 Å². The second-order valence-corrected chi connectivity index (χ2v) is 4.26. The molecule has 0 saturated heterocycles. The molecule has 1 aliphatic carbocycles. The molecule has 3 nitrogen and oxygen atoms in total. The molecule has 1 aliphatic rings. The topological polar surface area (TPSA) is 55.1 Å². The van der Waals surface area contributed by atoms with Gasteiger partial charge in [0.1, 0.15) is 0 Å². The Morgan fingerprint density at radius 1 is 1.62 bits per heavy atom. The van der Waals surface area contributed by atoms with Gasteiger partial charge in [-0.3, -0.25) is 4.79 Å². The Morgan fingerprint density at radius 3 is 2.62 bits per heavy atom. The highest BCUT2D eigenvalue weighted by molar-refractivity contribution is 5.81. The van der Waals surface area contributed by atoms with Crippen molar-refractivity contribution >= 4 is 5.91 Å². The summed E-state index contributed by atoms with van der Waals surface area (Å²) in [5.74, 6) is -0.0256. The normalized spacial score (nSPS) is 20.8. The average molecular weight is 184 g/mol. The monoisotopic (exact) mass is 184 g/mol. The van der Waals surface area contributed by atoms with E-state index in [1.165, 1.54) is 25.7 Å². The number of carbonyl (C=O) groups is 1. The molecule has 0 aromatic heterocycles. The summed E-state index contributed by atoms with van der Waals surface area (Å²) in [6.07, 6.45) is 4.96. The number of nitrogens with one attached hydrogen (secondary N) is 1. The van der Waals surface area contributed by atoms with Crippen molar-refractivity contribution in [2.24, 2.45) is 11.1 Å². The lowest BCUT2D eigenvalue weighted by atomic mass is 10.0. The van der Waals surface area contributed by atoms with Gasteiger partial charge in [-0.2, -0.15) is 0 Å². The molecule has 0 aromatic carbocycles. The van der Waals surface area contributed by atoms with Crippen LogP contribution in [0.4, 0.5) is 0 Å². The van der Waals surface area contributed by atoms with Gasteiger partial charge in [-0.15, -0.1) is 0 Å². The lowest BCUT2D eigenvalue weighted by Crippen LogP contribution is -2.40. The Bertz CT molecular complexity index is 185. The van der Waals surface area contributed by atoms with Gasteiger partial charge in [0.15, 0.2) is 0 Å². The molecule has 0 radical (unpaired) electrons. The molecule has 0 spiro atoms. The van der Waals surface area contributed by atoms with Crippen molar-refractivity contribution in [3.05, 3.63) is 0 Å². The molecule has 0 heterocycles. The van der Waals surface area contributed by atoms with E-state index in [0.29, 0.717) is 5.41 Å². The van der Waals surface area contributed by atoms with Crippen molar-refractivity contribution in [3.63, 3.8) is 0 Å². The molecule has 1 fully saturated rings. The number of amides is 1. The van der Waals surface area contributed by atoms with Gasteiger partial charge in [0.05, 0.1) is 6.04 Å². The molecule has 1 rings (SSSR count). The molecule has 0 aromatic rings.